The summed E-state index contributed by atoms with van der Waals surface area (Å²) in [5.74, 6) is 0. The molecule has 0 bridgehead atoms. The first-order valence-electron chi connectivity index (χ1n) is 0.749. The van der Waals surface area contributed by atoms with Gasteiger partial charge in [0, 0.05) is 0 Å². The summed E-state index contributed by atoms with van der Waals surface area (Å²) in [6.07, 6.45) is 0. The van der Waals surface area contributed by atoms with Crippen LogP contribution in [0.3, 0.4) is 0 Å². The molecule has 0 radical (unpaired) electrons. The second-order valence-electron chi connectivity index (χ2n) is 0.210. The zero-order chi connectivity index (χ0) is 4.12. The molecule has 0 saturated heterocycles. The van der Waals surface area contributed by atoms with Gasteiger partial charge in [0.25, 0.3) is 0 Å². The van der Waals surface area contributed by atoms with Crippen LogP contribution in [0.5, 0.6) is 0 Å². The van der Waals surface area contributed by atoms with Crippen LogP contribution >= 0.6 is 0 Å². The first-order chi connectivity index (χ1) is 2.41. The Morgan fingerprint density at radius 1 is 1.20 bits per heavy atom. The molecule has 0 unspecified atom stereocenters. The van der Waals surface area contributed by atoms with E-state index < -0.39 is 0 Å². The fourth-order valence-corrected chi connectivity index (χ4v) is 0.0892. The van der Waals surface area contributed by atoms with Crippen LogP contribution in [0.4, 0.5) is 0 Å². The summed E-state index contributed by atoms with van der Waals surface area (Å²) in [6.45, 7) is 0. The van der Waals surface area contributed by atoms with Gasteiger partial charge in [-0.15, -0.1) is 0 Å². The van der Waals surface area contributed by atoms with Crippen LogP contribution in [-0.4, -0.2) is 0 Å². The van der Waals surface area contributed by atoms with Crippen LogP contribution in [0.2, 0.25) is 0 Å². The first kappa shape index (κ1) is 4.72. The van der Waals surface area contributed by atoms with E-state index >= 15 is 0 Å². The number of rotatable bonds is 0. The summed E-state index contributed by atoms with van der Waals surface area (Å²) < 4.78 is 3.37. The molecule has 5 heavy (non-hydrogen) atoms. The molecule has 0 atom stereocenters. The van der Waals surface area contributed by atoms with Crippen LogP contribution in [0.1, 0.15) is 0 Å². The monoisotopic (exact) mass is 159 g/mol. The second kappa shape index (κ2) is 3.72. The number of hydrogen-bond donors (Lipinski definition) is 0. The van der Waals surface area contributed by atoms with Gasteiger partial charge in [0.15, 0.2) is 0 Å². The van der Waals surface area contributed by atoms with Crippen molar-refractivity contribution in [3.8, 4) is 8.57 Å². The molecule has 0 aromatic carbocycles. The summed E-state index contributed by atoms with van der Waals surface area (Å²) in [4.78, 5) is 0. The van der Waals surface area contributed by atoms with Gasteiger partial charge in [-0.3, -0.25) is 0 Å². The third kappa shape index (κ3) is 3.72. The molecule has 0 amide bonds. The maximum atomic E-state index is 7.61. The van der Waals surface area contributed by atoms with Crippen molar-refractivity contribution < 1.29 is 19.8 Å². The van der Waals surface area contributed by atoms with Crippen molar-refractivity contribution in [2.75, 3.05) is 0 Å². The zero-order valence-corrected chi connectivity index (χ0v) is 3.68. The van der Waals surface area contributed by atoms with E-state index in [4.69, 9.17) is 10.5 Å². The maximum absolute atomic E-state index is 7.61. The van der Waals surface area contributed by atoms with Crippen LogP contribution in [0.25, 0.3) is 0 Å². The molecule has 0 aliphatic carbocycles. The Morgan fingerprint density at radius 2 is 1.60 bits per heavy atom. The van der Waals surface area contributed by atoms with Crippen molar-refractivity contribution in [1.29, 1.82) is 10.5 Å². The van der Waals surface area contributed by atoms with Crippen LogP contribution in [0, 0.1) is 19.1 Å². The van der Waals surface area contributed by atoms with E-state index in [2.05, 4.69) is 0 Å². The van der Waals surface area contributed by atoms with E-state index in [1.165, 1.54) is 0 Å². The van der Waals surface area contributed by atoms with Gasteiger partial charge in [-0.2, -0.15) is 0 Å². The van der Waals surface area contributed by atoms with E-state index in [-0.39, 0.29) is 19.8 Å². The van der Waals surface area contributed by atoms with Crippen molar-refractivity contribution in [1.82, 2.24) is 0 Å². The molecule has 2 nitrogen and oxygen atoms in total. The molecule has 29 valence electrons. The average Bonchev–Trinajstić information content (AvgIpc) is 1.41. The molecule has 0 rings (SSSR count). The van der Waals surface area contributed by atoms with E-state index in [1.54, 1.807) is 8.57 Å². The van der Waals surface area contributed by atoms with Crippen molar-refractivity contribution in [3.63, 3.8) is 0 Å². The molecule has 0 N–H and O–H groups in total. The van der Waals surface area contributed by atoms with Gasteiger partial charge in [-0.25, -0.2) is 0 Å². The summed E-state index contributed by atoms with van der Waals surface area (Å²) in [6, 6.07) is 0. The Labute approximate surface area is 39.3 Å². The van der Waals surface area contributed by atoms with E-state index in [0.29, 0.717) is 0 Å². The molecule has 0 aromatic heterocycles. The molecule has 0 heterocycles. The Balaban J connectivity index is 2.86. The number of nitrogens with zero attached hydrogens (tertiary/aromatic N) is 2. The fourth-order valence-electron chi connectivity index (χ4n) is 0.0151. The predicted octanol–water partition coefficient (Wildman–Crippen LogP) is 0.0311. The Kier molecular flexibility index (Phi) is 3.51. The topological polar surface area (TPSA) is 47.6 Å². The van der Waals surface area contributed by atoms with Gasteiger partial charge in [0.1, 0.15) is 0 Å². The molecule has 0 aliphatic heterocycles. The normalized spacial score (nSPS) is 5.20. The van der Waals surface area contributed by atoms with Crippen LogP contribution < -0.4 is 0 Å². The Hall–Kier alpha value is -0.280. The van der Waals surface area contributed by atoms with E-state index in [1.807, 2.05) is 0 Å². The van der Waals surface area contributed by atoms with E-state index in [9.17, 15) is 0 Å². The zero-order valence-electron chi connectivity index (χ0n) is 2.20. The van der Waals surface area contributed by atoms with Crippen molar-refractivity contribution >= 4 is 0 Å². The van der Waals surface area contributed by atoms with Gasteiger partial charge in [-0.1, -0.05) is 0 Å². The van der Waals surface area contributed by atoms with Gasteiger partial charge < -0.3 is 0 Å². The summed E-state index contributed by atoms with van der Waals surface area (Å²) >= 11 is -0.207. The molecular weight excluding hydrogens is 160 g/mol. The van der Waals surface area contributed by atoms with E-state index in [0.717, 1.165) is 0 Å². The minimum atomic E-state index is -0.207. The van der Waals surface area contributed by atoms with Crippen LogP contribution in [0.15, 0.2) is 0 Å². The Bertz CT molecular complexity index is 72.8. The molecule has 0 aliphatic rings. The third-order valence-corrected chi connectivity index (χ3v) is 0.399. The van der Waals surface area contributed by atoms with Gasteiger partial charge in [0.2, 0.25) is 0 Å². The molecular formula is C2AgN2. The molecule has 0 fully saturated rings. The van der Waals surface area contributed by atoms with Crippen molar-refractivity contribution in [2.24, 2.45) is 0 Å². The van der Waals surface area contributed by atoms with Gasteiger partial charge in [-0.05, 0) is 0 Å². The molecule has 0 aromatic rings. The van der Waals surface area contributed by atoms with Crippen molar-refractivity contribution in [3.05, 3.63) is 0 Å². The van der Waals surface area contributed by atoms with Crippen molar-refractivity contribution in [2.45, 2.75) is 0 Å². The summed E-state index contributed by atoms with van der Waals surface area (Å²) in [5.41, 5.74) is 0. The molecule has 0 spiro atoms. The molecule has 0 saturated carbocycles. The number of nitriles is 2. The van der Waals surface area contributed by atoms with Gasteiger partial charge in [0.05, 0.1) is 0 Å². The minimum absolute atomic E-state index is 0.207. The summed E-state index contributed by atoms with van der Waals surface area (Å²) in [7, 11) is 0. The second-order valence-corrected chi connectivity index (χ2v) is 1.24. The first-order valence-corrected chi connectivity index (χ1v) is 2.23. The summed E-state index contributed by atoms with van der Waals surface area (Å²) in [5, 5.41) is 15.2. The number of hydrogen-bond acceptors (Lipinski definition) is 2. The third-order valence-electron chi connectivity index (χ3n) is 0.0674. The predicted molar refractivity (Wildman–Crippen MR) is 11.2 cm³/mol. The van der Waals surface area contributed by atoms with Gasteiger partial charge >= 0.3 is 38.9 Å². The average molecular weight is 160 g/mol. The molecule has 3 heteroatoms. The Morgan fingerprint density at radius 3 is 1.60 bits per heavy atom. The fraction of sp³-hybridized carbons (Fsp3) is 0. The SMILES string of the molecule is N#[C][Ag][C]#N. The standard InChI is InChI=1S/2CN.Ag/c2*1-2;. The quantitative estimate of drug-likeness (QED) is 0.469. The van der Waals surface area contributed by atoms with Crippen LogP contribution in [-0.2, 0) is 19.8 Å².